The predicted molar refractivity (Wildman–Crippen MR) is 80.4 cm³/mol. The summed E-state index contributed by atoms with van der Waals surface area (Å²) in [5.41, 5.74) is 5.20. The van der Waals surface area contributed by atoms with Crippen LogP contribution in [0.5, 0.6) is 0 Å². The van der Waals surface area contributed by atoms with Crippen LogP contribution >= 0.6 is 11.6 Å². The lowest BCUT2D eigenvalue weighted by atomic mass is 10.1. The summed E-state index contributed by atoms with van der Waals surface area (Å²) in [5.74, 6) is 0.643. The largest absolute Gasteiger partial charge is 0.191 e. The van der Waals surface area contributed by atoms with Gasteiger partial charge in [-0.05, 0) is 38.8 Å². The van der Waals surface area contributed by atoms with Gasteiger partial charge in [-0.25, -0.2) is 0 Å². The Morgan fingerprint density at radius 2 is 1.81 bits per heavy atom. The fourth-order valence-corrected chi connectivity index (χ4v) is 2.45. The highest BCUT2D eigenvalue weighted by Gasteiger charge is 2.17. The number of hydrogen-bond donors (Lipinski definition) is 0. The highest BCUT2D eigenvalue weighted by Crippen LogP contribution is 2.25. The predicted octanol–water partition coefficient (Wildman–Crippen LogP) is 2.72. The first-order valence-corrected chi connectivity index (χ1v) is 7.12. The zero-order chi connectivity index (χ0) is 15.1. The molecule has 0 aliphatic carbocycles. The van der Waals surface area contributed by atoms with Crippen molar-refractivity contribution in [2.75, 3.05) is 0 Å². The van der Waals surface area contributed by atoms with E-state index in [1.165, 1.54) is 0 Å². The molecule has 0 aliphatic heterocycles. The lowest BCUT2D eigenvalue weighted by Crippen LogP contribution is -2.03. The summed E-state index contributed by atoms with van der Waals surface area (Å²) in [6, 6.07) is 1.95. The van der Waals surface area contributed by atoms with E-state index < -0.39 is 0 Å². The molecule has 0 bridgehead atoms. The first-order valence-electron chi connectivity index (χ1n) is 6.74. The second kappa shape index (κ2) is 5.04. The maximum atomic E-state index is 6.20. The van der Waals surface area contributed by atoms with Crippen molar-refractivity contribution in [2.24, 2.45) is 0 Å². The fourth-order valence-electron chi connectivity index (χ4n) is 2.23. The number of fused-ring (bicyclic) bond motifs is 1. The molecule has 0 atom stereocenters. The van der Waals surface area contributed by atoms with Crippen molar-refractivity contribution < 1.29 is 0 Å². The molecule has 3 aromatic heterocycles. The molecule has 3 heterocycles. The Labute approximate surface area is 127 Å². The summed E-state index contributed by atoms with van der Waals surface area (Å²) in [6.07, 6.45) is 0.760. The van der Waals surface area contributed by atoms with Gasteiger partial charge < -0.3 is 0 Å². The monoisotopic (exact) mass is 302 g/mol. The highest BCUT2D eigenvalue weighted by atomic mass is 35.5. The minimum Gasteiger partial charge on any atom is -0.191 e. The second-order valence-electron chi connectivity index (χ2n) is 5.00. The quantitative estimate of drug-likeness (QED) is 0.728. The van der Waals surface area contributed by atoms with Gasteiger partial charge in [0.25, 0.3) is 0 Å². The van der Waals surface area contributed by atoms with Crippen molar-refractivity contribution in [3.63, 3.8) is 0 Å². The molecule has 3 aromatic rings. The standard InChI is InChI=1S/C14H15ClN6/c1-5-11-10(6-7(2)16-17-11)14-19-18-13-9(4)8(3)12(15)20-21(13)14/h6H,5H2,1-4H3. The zero-order valence-corrected chi connectivity index (χ0v) is 13.1. The van der Waals surface area contributed by atoms with E-state index in [0.717, 1.165) is 34.5 Å². The van der Waals surface area contributed by atoms with Crippen LogP contribution < -0.4 is 0 Å². The van der Waals surface area contributed by atoms with Gasteiger partial charge in [-0.1, -0.05) is 18.5 Å². The Hall–Kier alpha value is -2.08. The van der Waals surface area contributed by atoms with Crippen LogP contribution in [0.1, 0.15) is 29.4 Å². The van der Waals surface area contributed by atoms with Crippen LogP contribution in [0.15, 0.2) is 6.07 Å². The SMILES string of the molecule is CCc1nnc(C)cc1-c1nnc2c(C)c(C)c(Cl)nn12. The third-order valence-corrected chi connectivity index (χ3v) is 3.96. The molecule has 6 nitrogen and oxygen atoms in total. The normalized spacial score (nSPS) is 11.3. The summed E-state index contributed by atoms with van der Waals surface area (Å²) >= 11 is 6.20. The van der Waals surface area contributed by atoms with Gasteiger partial charge in [0, 0.05) is 11.1 Å². The van der Waals surface area contributed by atoms with Crippen molar-refractivity contribution in [3.8, 4) is 11.4 Å². The van der Waals surface area contributed by atoms with Crippen molar-refractivity contribution in [1.82, 2.24) is 30.0 Å². The Balaban J connectivity index is 2.34. The highest BCUT2D eigenvalue weighted by molar-refractivity contribution is 6.30. The lowest BCUT2D eigenvalue weighted by molar-refractivity contribution is 0.874. The molecule has 0 saturated carbocycles. The minimum absolute atomic E-state index is 0.456. The molecule has 0 aliphatic rings. The van der Waals surface area contributed by atoms with Crippen LogP contribution in [0.25, 0.3) is 17.0 Å². The van der Waals surface area contributed by atoms with Crippen molar-refractivity contribution in [3.05, 3.63) is 33.7 Å². The molecule has 0 aromatic carbocycles. The Morgan fingerprint density at radius 3 is 2.52 bits per heavy atom. The smallest absolute Gasteiger partial charge is 0.187 e. The van der Waals surface area contributed by atoms with Gasteiger partial charge in [0.1, 0.15) is 0 Å². The Morgan fingerprint density at radius 1 is 1.05 bits per heavy atom. The molecule has 0 unspecified atom stereocenters. The molecule has 7 heteroatoms. The van der Waals surface area contributed by atoms with E-state index in [-0.39, 0.29) is 0 Å². The van der Waals surface area contributed by atoms with Gasteiger partial charge in [-0.2, -0.15) is 19.8 Å². The van der Waals surface area contributed by atoms with Crippen molar-refractivity contribution >= 4 is 17.2 Å². The summed E-state index contributed by atoms with van der Waals surface area (Å²) in [6.45, 7) is 7.82. The van der Waals surface area contributed by atoms with E-state index in [0.29, 0.717) is 16.6 Å². The van der Waals surface area contributed by atoms with Gasteiger partial charge in [0.2, 0.25) is 0 Å². The van der Waals surface area contributed by atoms with Crippen molar-refractivity contribution in [2.45, 2.75) is 34.1 Å². The van der Waals surface area contributed by atoms with Crippen LogP contribution in [0.2, 0.25) is 5.15 Å². The van der Waals surface area contributed by atoms with Crippen LogP contribution in [0.4, 0.5) is 0 Å². The average molecular weight is 303 g/mol. The maximum Gasteiger partial charge on any atom is 0.187 e. The lowest BCUT2D eigenvalue weighted by Gasteiger charge is -2.07. The van der Waals surface area contributed by atoms with Crippen LogP contribution in [0, 0.1) is 20.8 Å². The van der Waals surface area contributed by atoms with Gasteiger partial charge in [-0.15, -0.1) is 10.2 Å². The molecule has 0 saturated heterocycles. The molecule has 0 fully saturated rings. The van der Waals surface area contributed by atoms with Crippen LogP contribution in [-0.4, -0.2) is 30.0 Å². The number of aryl methyl sites for hydroxylation is 3. The van der Waals surface area contributed by atoms with E-state index in [2.05, 4.69) is 25.5 Å². The fraction of sp³-hybridized carbons (Fsp3) is 0.357. The summed E-state index contributed by atoms with van der Waals surface area (Å²) in [4.78, 5) is 0. The third-order valence-electron chi connectivity index (χ3n) is 3.60. The molecule has 0 spiro atoms. The number of hydrogen-bond acceptors (Lipinski definition) is 5. The van der Waals surface area contributed by atoms with Crippen LogP contribution in [0.3, 0.4) is 0 Å². The third kappa shape index (κ3) is 2.15. The summed E-state index contributed by atoms with van der Waals surface area (Å²) < 4.78 is 1.68. The maximum absolute atomic E-state index is 6.20. The minimum atomic E-state index is 0.456. The van der Waals surface area contributed by atoms with Gasteiger partial charge in [0.15, 0.2) is 16.6 Å². The zero-order valence-electron chi connectivity index (χ0n) is 12.3. The van der Waals surface area contributed by atoms with Crippen molar-refractivity contribution in [1.29, 1.82) is 0 Å². The van der Waals surface area contributed by atoms with E-state index in [1.54, 1.807) is 4.52 Å². The molecule has 0 radical (unpaired) electrons. The molecular weight excluding hydrogens is 288 g/mol. The van der Waals surface area contributed by atoms with Gasteiger partial charge >= 0.3 is 0 Å². The molecular formula is C14H15ClN6. The van der Waals surface area contributed by atoms with E-state index in [4.69, 9.17) is 11.6 Å². The number of rotatable bonds is 2. The summed E-state index contributed by atoms with van der Waals surface area (Å²) in [7, 11) is 0. The van der Waals surface area contributed by atoms with Gasteiger partial charge in [-0.3, -0.25) is 0 Å². The van der Waals surface area contributed by atoms with E-state index >= 15 is 0 Å². The van der Waals surface area contributed by atoms with E-state index in [1.807, 2.05) is 33.8 Å². The topological polar surface area (TPSA) is 68.9 Å². The number of nitrogens with zero attached hydrogens (tertiary/aromatic N) is 6. The molecule has 108 valence electrons. The molecule has 0 amide bonds. The number of halogens is 1. The van der Waals surface area contributed by atoms with E-state index in [9.17, 15) is 0 Å². The first kappa shape index (κ1) is 13.9. The first-order chi connectivity index (χ1) is 10.0. The molecule has 0 N–H and O–H groups in total. The second-order valence-corrected chi connectivity index (χ2v) is 5.36. The average Bonchev–Trinajstić information content (AvgIpc) is 2.88. The summed E-state index contributed by atoms with van der Waals surface area (Å²) in [5, 5.41) is 21.7. The van der Waals surface area contributed by atoms with Gasteiger partial charge in [0.05, 0.1) is 11.4 Å². The molecule has 3 rings (SSSR count). The Bertz CT molecular complexity index is 839. The number of aromatic nitrogens is 6. The Kier molecular flexibility index (Phi) is 3.33. The molecule has 21 heavy (non-hydrogen) atoms. The van der Waals surface area contributed by atoms with Crippen LogP contribution in [-0.2, 0) is 6.42 Å².